The number of hydrogen-bond acceptors (Lipinski definition) is 3. The van der Waals surface area contributed by atoms with Crippen LogP contribution < -0.4 is 16.0 Å². The Labute approximate surface area is 201 Å². The third-order valence-electron chi connectivity index (χ3n) is 7.53. The highest BCUT2D eigenvalue weighted by molar-refractivity contribution is 5.84. The summed E-state index contributed by atoms with van der Waals surface area (Å²) >= 11 is 0. The van der Waals surface area contributed by atoms with Crippen molar-refractivity contribution in [3.05, 3.63) is 65.5 Å². The minimum atomic E-state index is -0.258. The van der Waals surface area contributed by atoms with Crippen molar-refractivity contribution < 1.29 is 14.0 Å². The fourth-order valence-corrected chi connectivity index (χ4v) is 5.40. The Balaban J connectivity index is 1.33. The number of nitrogens with one attached hydrogen (secondary N) is 3. The molecule has 0 aromatic heterocycles. The van der Waals surface area contributed by atoms with E-state index in [0.29, 0.717) is 19.0 Å². The SMILES string of the molecule is C[C@@H](C(=O)NCC(C(=O)NCCC1CNc2ccc(F)cc21)C1CCCCC1)c1ccccc1. The summed E-state index contributed by atoms with van der Waals surface area (Å²) in [5, 5.41) is 9.50. The molecule has 182 valence electrons. The molecule has 34 heavy (non-hydrogen) atoms. The summed E-state index contributed by atoms with van der Waals surface area (Å²) in [5.74, 6) is -0.255. The molecule has 0 saturated heterocycles. The first-order chi connectivity index (χ1) is 16.5. The Morgan fingerprint density at radius 3 is 2.56 bits per heavy atom. The molecule has 4 rings (SSSR count). The lowest BCUT2D eigenvalue weighted by molar-refractivity contribution is -0.128. The quantitative estimate of drug-likeness (QED) is 0.490. The van der Waals surface area contributed by atoms with Gasteiger partial charge in [-0.1, -0.05) is 49.6 Å². The molecule has 1 aliphatic heterocycles. The lowest BCUT2D eigenvalue weighted by Crippen LogP contribution is -2.44. The number of hydrogen-bond donors (Lipinski definition) is 3. The smallest absolute Gasteiger partial charge is 0.227 e. The van der Waals surface area contributed by atoms with Gasteiger partial charge >= 0.3 is 0 Å². The Kier molecular flexibility index (Phi) is 8.20. The van der Waals surface area contributed by atoms with Gasteiger partial charge in [-0.3, -0.25) is 9.59 Å². The van der Waals surface area contributed by atoms with Gasteiger partial charge in [0.2, 0.25) is 11.8 Å². The van der Waals surface area contributed by atoms with E-state index in [9.17, 15) is 14.0 Å². The van der Waals surface area contributed by atoms with Crippen LogP contribution in [-0.4, -0.2) is 31.4 Å². The topological polar surface area (TPSA) is 70.2 Å². The highest BCUT2D eigenvalue weighted by Crippen LogP contribution is 2.34. The summed E-state index contributed by atoms with van der Waals surface area (Å²) in [6, 6.07) is 14.6. The maximum atomic E-state index is 13.7. The van der Waals surface area contributed by atoms with Gasteiger partial charge < -0.3 is 16.0 Å². The van der Waals surface area contributed by atoms with Crippen molar-refractivity contribution in [3.8, 4) is 0 Å². The van der Waals surface area contributed by atoms with Crippen LogP contribution in [0, 0.1) is 17.7 Å². The molecule has 1 heterocycles. The van der Waals surface area contributed by atoms with Crippen LogP contribution in [0.4, 0.5) is 10.1 Å². The molecule has 2 aromatic rings. The van der Waals surface area contributed by atoms with E-state index in [-0.39, 0.29) is 35.4 Å². The predicted molar refractivity (Wildman–Crippen MR) is 133 cm³/mol. The molecule has 3 N–H and O–H groups in total. The zero-order valence-electron chi connectivity index (χ0n) is 20.0. The van der Waals surface area contributed by atoms with Gasteiger partial charge in [0, 0.05) is 31.2 Å². The first-order valence-electron chi connectivity index (χ1n) is 12.7. The summed E-state index contributed by atoms with van der Waals surface area (Å²) < 4.78 is 13.7. The summed E-state index contributed by atoms with van der Waals surface area (Å²) in [4.78, 5) is 26.0. The maximum absolute atomic E-state index is 13.7. The summed E-state index contributed by atoms with van der Waals surface area (Å²) in [6.45, 7) is 3.56. The van der Waals surface area contributed by atoms with Crippen LogP contribution in [0.1, 0.15) is 68.4 Å². The molecule has 2 amide bonds. The molecule has 0 radical (unpaired) electrons. The van der Waals surface area contributed by atoms with Crippen molar-refractivity contribution >= 4 is 17.5 Å². The summed E-state index contributed by atoms with van der Waals surface area (Å²) in [5.41, 5.74) is 2.94. The highest BCUT2D eigenvalue weighted by atomic mass is 19.1. The van der Waals surface area contributed by atoms with Crippen LogP contribution in [-0.2, 0) is 9.59 Å². The number of halogens is 1. The van der Waals surface area contributed by atoms with Crippen molar-refractivity contribution in [2.75, 3.05) is 25.0 Å². The van der Waals surface area contributed by atoms with Crippen molar-refractivity contribution in [1.82, 2.24) is 10.6 Å². The maximum Gasteiger partial charge on any atom is 0.227 e. The average molecular weight is 466 g/mol. The summed E-state index contributed by atoms with van der Waals surface area (Å²) in [7, 11) is 0. The number of anilines is 1. The van der Waals surface area contributed by atoms with Crippen molar-refractivity contribution in [1.29, 1.82) is 0 Å². The van der Waals surface area contributed by atoms with Gasteiger partial charge in [0.15, 0.2) is 0 Å². The van der Waals surface area contributed by atoms with E-state index in [1.807, 2.05) is 37.3 Å². The predicted octanol–water partition coefficient (Wildman–Crippen LogP) is 4.96. The minimum Gasteiger partial charge on any atom is -0.384 e. The largest absolute Gasteiger partial charge is 0.384 e. The molecule has 6 heteroatoms. The van der Waals surface area contributed by atoms with E-state index < -0.39 is 0 Å². The second-order valence-electron chi connectivity index (χ2n) is 9.77. The number of rotatable bonds is 9. The Morgan fingerprint density at radius 2 is 1.79 bits per heavy atom. The molecule has 2 aromatic carbocycles. The van der Waals surface area contributed by atoms with E-state index >= 15 is 0 Å². The Bertz CT molecular complexity index is 975. The Morgan fingerprint density at radius 1 is 1.03 bits per heavy atom. The zero-order valence-corrected chi connectivity index (χ0v) is 20.0. The number of carbonyl (C=O) groups is 2. The number of amides is 2. The number of carbonyl (C=O) groups excluding carboxylic acids is 2. The lowest BCUT2D eigenvalue weighted by atomic mass is 9.79. The van der Waals surface area contributed by atoms with Crippen molar-refractivity contribution in [2.24, 2.45) is 11.8 Å². The van der Waals surface area contributed by atoms with Crippen LogP contribution in [0.2, 0.25) is 0 Å². The fourth-order valence-electron chi connectivity index (χ4n) is 5.40. The normalized spacial score (nSPS) is 19.5. The third kappa shape index (κ3) is 5.96. The van der Waals surface area contributed by atoms with Crippen molar-refractivity contribution in [2.45, 2.75) is 57.3 Å². The average Bonchev–Trinajstić information content (AvgIpc) is 3.26. The fraction of sp³-hybridized carbons (Fsp3) is 0.500. The second kappa shape index (κ2) is 11.5. The molecule has 5 nitrogen and oxygen atoms in total. The molecule has 2 aliphatic rings. The van der Waals surface area contributed by atoms with Crippen LogP contribution in [0.3, 0.4) is 0 Å². The second-order valence-corrected chi connectivity index (χ2v) is 9.77. The standard InChI is InChI=1S/C28H36FN3O2/c1-19(20-8-4-2-5-9-20)27(33)32-18-25(21-10-6-3-7-11-21)28(34)30-15-14-22-17-31-26-13-12-23(29)16-24(22)26/h2,4-5,8-9,12-13,16,19,21-22,25,31H,3,6-7,10-11,14-15,17-18H2,1H3,(H,30,34)(H,32,33)/t19-,22?,25?/m1/s1. The lowest BCUT2D eigenvalue weighted by Gasteiger charge is -2.30. The summed E-state index contributed by atoms with van der Waals surface area (Å²) in [6.07, 6.45) is 6.30. The number of fused-ring (bicyclic) bond motifs is 1. The van der Waals surface area contributed by atoms with Gasteiger partial charge in [0.05, 0.1) is 11.8 Å². The van der Waals surface area contributed by atoms with Gasteiger partial charge in [0.25, 0.3) is 0 Å². The van der Waals surface area contributed by atoms with Gasteiger partial charge in [-0.25, -0.2) is 4.39 Å². The van der Waals surface area contributed by atoms with Gasteiger partial charge in [-0.05, 0) is 61.4 Å². The first-order valence-corrected chi connectivity index (χ1v) is 12.7. The Hall–Kier alpha value is -2.89. The van der Waals surface area contributed by atoms with Gasteiger partial charge in [-0.15, -0.1) is 0 Å². The van der Waals surface area contributed by atoms with Gasteiger partial charge in [-0.2, -0.15) is 0 Å². The van der Waals surface area contributed by atoms with E-state index in [1.165, 1.54) is 12.5 Å². The van der Waals surface area contributed by atoms with E-state index in [1.54, 1.807) is 12.1 Å². The third-order valence-corrected chi connectivity index (χ3v) is 7.53. The molecular formula is C28H36FN3O2. The monoisotopic (exact) mass is 465 g/mol. The van der Waals surface area contributed by atoms with Crippen LogP contribution in [0.5, 0.6) is 0 Å². The molecular weight excluding hydrogens is 429 g/mol. The molecule has 0 bridgehead atoms. The zero-order chi connectivity index (χ0) is 23.9. The van der Waals surface area contributed by atoms with E-state index in [0.717, 1.165) is 55.5 Å². The minimum absolute atomic E-state index is 0.0185. The van der Waals surface area contributed by atoms with E-state index in [4.69, 9.17) is 0 Å². The van der Waals surface area contributed by atoms with Gasteiger partial charge in [0.1, 0.15) is 5.82 Å². The van der Waals surface area contributed by atoms with Crippen LogP contribution in [0.15, 0.2) is 48.5 Å². The molecule has 2 unspecified atom stereocenters. The number of benzene rings is 2. The van der Waals surface area contributed by atoms with Crippen molar-refractivity contribution in [3.63, 3.8) is 0 Å². The van der Waals surface area contributed by atoms with Crippen LogP contribution in [0.25, 0.3) is 0 Å². The molecule has 1 fully saturated rings. The first kappa shape index (κ1) is 24.2. The molecule has 3 atom stereocenters. The molecule has 1 saturated carbocycles. The highest BCUT2D eigenvalue weighted by Gasteiger charge is 2.31. The molecule has 0 spiro atoms. The molecule has 1 aliphatic carbocycles. The van der Waals surface area contributed by atoms with E-state index in [2.05, 4.69) is 16.0 Å². The van der Waals surface area contributed by atoms with Crippen LogP contribution >= 0.6 is 0 Å².